The predicted molar refractivity (Wildman–Crippen MR) is 44.7 cm³/mol. The molecule has 0 aromatic heterocycles. The van der Waals surface area contributed by atoms with E-state index in [1.165, 1.54) is 0 Å². The van der Waals surface area contributed by atoms with E-state index >= 15 is 0 Å². The van der Waals surface area contributed by atoms with Crippen LogP contribution in [0.3, 0.4) is 0 Å². The van der Waals surface area contributed by atoms with Gasteiger partial charge in [0.2, 0.25) is 0 Å². The molecule has 0 spiro atoms. The smallest absolute Gasteiger partial charge is 0.115 e. The minimum Gasteiger partial charge on any atom is -0.394 e. The van der Waals surface area contributed by atoms with Gasteiger partial charge in [-0.25, -0.2) is 4.39 Å². The molecular formula is C9H14FNO. The van der Waals surface area contributed by atoms with Crippen LogP contribution in [-0.2, 0) is 0 Å². The third-order valence-corrected chi connectivity index (χ3v) is 3.19. The second-order valence-corrected chi connectivity index (χ2v) is 3.79. The minimum atomic E-state index is -0.783. The molecule has 1 N–H and O–H groups in total. The summed E-state index contributed by atoms with van der Waals surface area (Å²) in [4.78, 5) is 2.03. The van der Waals surface area contributed by atoms with E-state index in [0.29, 0.717) is 13.0 Å². The maximum Gasteiger partial charge on any atom is 0.115 e. The molecule has 68 valence electrons. The first-order chi connectivity index (χ1) is 5.69. The topological polar surface area (TPSA) is 23.5 Å². The summed E-state index contributed by atoms with van der Waals surface area (Å²) < 4.78 is 13.1. The summed E-state index contributed by atoms with van der Waals surface area (Å²) in [6.45, 7) is 5.26. The number of nitrogens with zero attached hydrogens (tertiary/aromatic N) is 1. The van der Waals surface area contributed by atoms with E-state index in [4.69, 9.17) is 0 Å². The van der Waals surface area contributed by atoms with Gasteiger partial charge in [0, 0.05) is 19.5 Å². The van der Waals surface area contributed by atoms with E-state index in [1.54, 1.807) is 0 Å². The van der Waals surface area contributed by atoms with Crippen LogP contribution >= 0.6 is 0 Å². The lowest BCUT2D eigenvalue weighted by Crippen LogP contribution is -2.42. The Morgan fingerprint density at radius 2 is 2.50 bits per heavy atom. The second kappa shape index (κ2) is 2.54. The second-order valence-electron chi connectivity index (χ2n) is 3.79. The number of aliphatic hydroxyl groups is 1. The Morgan fingerprint density at radius 1 is 1.75 bits per heavy atom. The Bertz CT molecular complexity index is 219. The fourth-order valence-corrected chi connectivity index (χ4v) is 2.43. The highest BCUT2D eigenvalue weighted by Crippen LogP contribution is 2.42. The Balaban J connectivity index is 2.28. The average Bonchev–Trinajstić information content (AvgIpc) is 2.50. The third-order valence-electron chi connectivity index (χ3n) is 3.19. The number of hydrogen-bond acceptors (Lipinski definition) is 2. The monoisotopic (exact) mass is 171 g/mol. The van der Waals surface area contributed by atoms with Crippen LogP contribution in [0, 0.1) is 0 Å². The van der Waals surface area contributed by atoms with Crippen molar-refractivity contribution in [2.75, 3.05) is 19.7 Å². The van der Waals surface area contributed by atoms with Crippen LogP contribution in [-0.4, -0.2) is 41.4 Å². The van der Waals surface area contributed by atoms with Crippen molar-refractivity contribution in [2.24, 2.45) is 0 Å². The highest BCUT2D eigenvalue weighted by Gasteiger charge is 2.50. The number of hydrogen-bond donors (Lipinski definition) is 1. The molecule has 2 rings (SSSR count). The number of fused-ring (bicyclic) bond motifs is 1. The summed E-state index contributed by atoms with van der Waals surface area (Å²) in [5.74, 6) is 0. The van der Waals surface area contributed by atoms with Gasteiger partial charge in [0.15, 0.2) is 0 Å². The number of aliphatic hydroxyl groups excluding tert-OH is 1. The SMILES string of the molecule is C=C1CCN2CC(F)CC12CO. The lowest BCUT2D eigenvalue weighted by molar-refractivity contribution is 0.123. The van der Waals surface area contributed by atoms with Gasteiger partial charge in [0.05, 0.1) is 12.1 Å². The molecule has 2 heterocycles. The van der Waals surface area contributed by atoms with Gasteiger partial charge in [-0.15, -0.1) is 0 Å². The first kappa shape index (κ1) is 8.20. The van der Waals surface area contributed by atoms with Crippen LogP contribution in [0.5, 0.6) is 0 Å². The van der Waals surface area contributed by atoms with Gasteiger partial charge < -0.3 is 5.11 Å². The molecule has 0 bridgehead atoms. The summed E-state index contributed by atoms with van der Waals surface area (Å²) in [5, 5.41) is 9.25. The first-order valence-corrected chi connectivity index (χ1v) is 4.37. The van der Waals surface area contributed by atoms with Crippen molar-refractivity contribution in [3.8, 4) is 0 Å². The van der Waals surface area contributed by atoms with Gasteiger partial charge in [-0.2, -0.15) is 0 Å². The molecule has 2 aliphatic rings. The van der Waals surface area contributed by atoms with Gasteiger partial charge in [-0.3, -0.25) is 4.90 Å². The molecule has 0 aromatic carbocycles. The fraction of sp³-hybridized carbons (Fsp3) is 0.778. The largest absolute Gasteiger partial charge is 0.394 e. The van der Waals surface area contributed by atoms with E-state index in [2.05, 4.69) is 6.58 Å². The Kier molecular flexibility index (Phi) is 1.73. The van der Waals surface area contributed by atoms with Gasteiger partial charge in [-0.05, 0) is 6.42 Å². The molecule has 2 unspecified atom stereocenters. The molecule has 0 radical (unpaired) electrons. The van der Waals surface area contributed by atoms with Crippen molar-refractivity contribution in [3.05, 3.63) is 12.2 Å². The molecule has 12 heavy (non-hydrogen) atoms. The lowest BCUT2D eigenvalue weighted by Gasteiger charge is -2.30. The third kappa shape index (κ3) is 0.866. The van der Waals surface area contributed by atoms with Gasteiger partial charge >= 0.3 is 0 Å². The van der Waals surface area contributed by atoms with Gasteiger partial charge in [0.25, 0.3) is 0 Å². The molecular weight excluding hydrogens is 157 g/mol. The normalized spacial score (nSPS) is 42.2. The molecule has 2 fully saturated rings. The Labute approximate surface area is 71.7 Å². The average molecular weight is 171 g/mol. The van der Waals surface area contributed by atoms with Crippen molar-refractivity contribution in [1.29, 1.82) is 0 Å². The van der Waals surface area contributed by atoms with Crippen molar-refractivity contribution in [3.63, 3.8) is 0 Å². The van der Waals surface area contributed by atoms with Crippen LogP contribution in [0.1, 0.15) is 12.8 Å². The molecule has 0 saturated carbocycles. The number of rotatable bonds is 1. The van der Waals surface area contributed by atoms with Crippen LogP contribution in [0.4, 0.5) is 4.39 Å². The highest BCUT2D eigenvalue weighted by atomic mass is 19.1. The van der Waals surface area contributed by atoms with E-state index in [1.807, 2.05) is 4.90 Å². The Morgan fingerprint density at radius 3 is 3.08 bits per heavy atom. The lowest BCUT2D eigenvalue weighted by atomic mass is 9.90. The van der Waals surface area contributed by atoms with E-state index < -0.39 is 11.7 Å². The summed E-state index contributed by atoms with van der Waals surface area (Å²) in [6, 6.07) is 0. The number of halogens is 1. The first-order valence-electron chi connectivity index (χ1n) is 4.37. The van der Waals surface area contributed by atoms with Gasteiger partial charge in [-0.1, -0.05) is 12.2 Å². The van der Waals surface area contributed by atoms with Gasteiger partial charge in [0.1, 0.15) is 6.17 Å². The van der Waals surface area contributed by atoms with Crippen molar-refractivity contribution in [1.82, 2.24) is 4.90 Å². The van der Waals surface area contributed by atoms with Crippen molar-refractivity contribution < 1.29 is 9.50 Å². The van der Waals surface area contributed by atoms with Crippen LogP contribution in [0.15, 0.2) is 12.2 Å². The summed E-state index contributed by atoms with van der Waals surface area (Å²) in [5.41, 5.74) is 0.601. The molecule has 0 amide bonds. The predicted octanol–water partition coefficient (Wildman–Crippen LogP) is 0.721. The van der Waals surface area contributed by atoms with E-state index in [9.17, 15) is 9.50 Å². The zero-order chi connectivity index (χ0) is 8.77. The molecule has 2 nitrogen and oxygen atoms in total. The molecule has 0 aromatic rings. The van der Waals surface area contributed by atoms with Crippen LogP contribution in [0.25, 0.3) is 0 Å². The van der Waals surface area contributed by atoms with E-state index in [-0.39, 0.29) is 6.61 Å². The van der Waals surface area contributed by atoms with E-state index in [0.717, 1.165) is 18.5 Å². The van der Waals surface area contributed by atoms with Crippen LogP contribution < -0.4 is 0 Å². The maximum absolute atomic E-state index is 13.1. The highest BCUT2D eigenvalue weighted by molar-refractivity contribution is 5.26. The summed E-state index contributed by atoms with van der Waals surface area (Å²) in [7, 11) is 0. The molecule has 0 aliphatic carbocycles. The molecule has 2 saturated heterocycles. The molecule has 2 aliphatic heterocycles. The fourth-order valence-electron chi connectivity index (χ4n) is 2.43. The zero-order valence-corrected chi connectivity index (χ0v) is 7.09. The van der Waals surface area contributed by atoms with Crippen molar-refractivity contribution >= 4 is 0 Å². The Hall–Kier alpha value is -0.410. The molecule has 3 heteroatoms. The van der Waals surface area contributed by atoms with Crippen LogP contribution in [0.2, 0.25) is 0 Å². The molecule has 2 atom stereocenters. The summed E-state index contributed by atoms with van der Waals surface area (Å²) in [6.07, 6.45) is 0.560. The minimum absolute atomic E-state index is 0.0201. The number of alkyl halides is 1. The van der Waals surface area contributed by atoms with Crippen molar-refractivity contribution in [2.45, 2.75) is 24.6 Å². The summed E-state index contributed by atoms with van der Waals surface area (Å²) >= 11 is 0. The zero-order valence-electron chi connectivity index (χ0n) is 7.09. The standard InChI is InChI=1S/C9H14FNO/c1-7-2-3-11-5-8(10)4-9(7,11)6-12/h8,12H,1-6H2. The quantitative estimate of drug-likeness (QED) is 0.588. The maximum atomic E-state index is 13.1.